The first-order valence-corrected chi connectivity index (χ1v) is 15.3. The van der Waals surface area contributed by atoms with Crippen LogP contribution in [0.25, 0.3) is 0 Å². The molecule has 0 spiro atoms. The molecule has 0 radical (unpaired) electrons. The Morgan fingerprint density at radius 3 is 2.28 bits per heavy atom. The van der Waals surface area contributed by atoms with Crippen LogP contribution in [0.4, 0.5) is 17.1 Å². The van der Waals surface area contributed by atoms with E-state index in [0.29, 0.717) is 17.8 Å². The maximum Gasteiger partial charge on any atom is 0.264 e. The number of amides is 1. The molecule has 1 aliphatic heterocycles. The lowest BCUT2D eigenvalue weighted by atomic mass is 10.1. The second-order valence-corrected chi connectivity index (χ2v) is 13.0. The zero-order valence-corrected chi connectivity index (χ0v) is 23.1. The number of carbonyl (C=O) groups excluding carboxylic acids is 1. The largest absolute Gasteiger partial charge is 0.322 e. The van der Waals surface area contributed by atoms with Crippen molar-refractivity contribution in [1.82, 2.24) is 0 Å². The smallest absolute Gasteiger partial charge is 0.264 e. The van der Waals surface area contributed by atoms with Crippen molar-refractivity contribution < 1.29 is 21.6 Å². The summed E-state index contributed by atoms with van der Waals surface area (Å²) in [4.78, 5) is 13.0. The Morgan fingerprint density at radius 2 is 1.54 bits per heavy atom. The van der Waals surface area contributed by atoms with E-state index in [9.17, 15) is 21.6 Å². The fraction of sp³-hybridized carbons (Fsp3) is 0.107. The van der Waals surface area contributed by atoms with Gasteiger partial charge in [-0.15, -0.1) is 0 Å². The Kier molecular flexibility index (Phi) is 7.11. The van der Waals surface area contributed by atoms with Gasteiger partial charge in [-0.3, -0.25) is 13.8 Å². The lowest BCUT2D eigenvalue weighted by Gasteiger charge is -2.24. The lowest BCUT2D eigenvalue weighted by Crippen LogP contribution is -2.35. The van der Waals surface area contributed by atoms with E-state index in [4.69, 9.17) is 11.6 Å². The summed E-state index contributed by atoms with van der Waals surface area (Å²) < 4.78 is 56.4. The van der Waals surface area contributed by atoms with Gasteiger partial charge in [-0.1, -0.05) is 48.0 Å². The number of sulfonamides is 2. The van der Waals surface area contributed by atoms with Gasteiger partial charge in [0.05, 0.1) is 26.2 Å². The number of nitrogens with one attached hydrogen (secondary N) is 2. The van der Waals surface area contributed by atoms with Crippen molar-refractivity contribution in [1.29, 1.82) is 0 Å². The van der Waals surface area contributed by atoms with E-state index in [1.165, 1.54) is 52.8 Å². The number of benzene rings is 4. The van der Waals surface area contributed by atoms with Crippen LogP contribution in [0, 0.1) is 0 Å². The fourth-order valence-corrected chi connectivity index (χ4v) is 7.54. The average molecular weight is 582 g/mol. The van der Waals surface area contributed by atoms with Crippen molar-refractivity contribution >= 4 is 54.6 Å². The average Bonchev–Trinajstić information content (AvgIpc) is 3.26. The molecule has 1 aliphatic rings. The third-order valence-electron chi connectivity index (χ3n) is 6.34. The highest BCUT2D eigenvalue weighted by atomic mass is 35.5. The van der Waals surface area contributed by atoms with E-state index in [0.717, 1.165) is 5.56 Å². The molecule has 0 fully saturated rings. The number of fused-ring (bicyclic) bond motifs is 1. The van der Waals surface area contributed by atoms with Crippen LogP contribution in [0.1, 0.15) is 22.8 Å². The van der Waals surface area contributed by atoms with Crippen LogP contribution in [0.5, 0.6) is 0 Å². The first-order valence-electron chi connectivity index (χ1n) is 12.0. The second-order valence-electron chi connectivity index (χ2n) is 9.07. The van der Waals surface area contributed by atoms with Gasteiger partial charge in [0, 0.05) is 17.3 Å². The highest BCUT2D eigenvalue weighted by molar-refractivity contribution is 7.93. The molecule has 0 saturated heterocycles. The van der Waals surface area contributed by atoms with Crippen molar-refractivity contribution in [3.63, 3.8) is 0 Å². The third-order valence-corrected chi connectivity index (χ3v) is 9.97. The molecule has 39 heavy (non-hydrogen) atoms. The van der Waals surface area contributed by atoms with Gasteiger partial charge < -0.3 is 5.32 Å². The van der Waals surface area contributed by atoms with Crippen LogP contribution in [0.15, 0.2) is 107 Å². The summed E-state index contributed by atoms with van der Waals surface area (Å²) >= 11 is 6.05. The number of nitrogens with zero attached hydrogens (tertiary/aromatic N) is 1. The predicted molar refractivity (Wildman–Crippen MR) is 152 cm³/mol. The molecule has 8 nitrogen and oxygen atoms in total. The number of rotatable bonds is 7. The van der Waals surface area contributed by atoms with Crippen molar-refractivity contribution in [2.24, 2.45) is 0 Å². The number of anilines is 3. The summed E-state index contributed by atoms with van der Waals surface area (Å²) in [7, 11) is -7.82. The summed E-state index contributed by atoms with van der Waals surface area (Å²) in [5.41, 5.74) is 2.33. The van der Waals surface area contributed by atoms with E-state index in [1.54, 1.807) is 36.4 Å². The molecule has 4 aromatic carbocycles. The molecule has 0 bridgehead atoms. The van der Waals surface area contributed by atoms with Crippen LogP contribution in [0.3, 0.4) is 0 Å². The van der Waals surface area contributed by atoms with Crippen LogP contribution in [0.2, 0.25) is 5.02 Å². The van der Waals surface area contributed by atoms with Crippen LogP contribution in [-0.4, -0.2) is 28.8 Å². The highest BCUT2D eigenvalue weighted by Gasteiger charge is 2.36. The van der Waals surface area contributed by atoms with Crippen molar-refractivity contribution in [2.75, 3.05) is 14.3 Å². The molecule has 4 aromatic rings. The predicted octanol–water partition coefficient (Wildman–Crippen LogP) is 5.53. The van der Waals surface area contributed by atoms with Crippen LogP contribution >= 0.6 is 11.6 Å². The Bertz CT molecular complexity index is 1780. The molecular weight excluding hydrogens is 558 g/mol. The van der Waals surface area contributed by atoms with Gasteiger partial charge >= 0.3 is 0 Å². The summed E-state index contributed by atoms with van der Waals surface area (Å²) in [5.74, 6) is -0.535. The van der Waals surface area contributed by atoms with Crippen molar-refractivity contribution in [2.45, 2.75) is 29.2 Å². The molecule has 0 aliphatic carbocycles. The zero-order chi connectivity index (χ0) is 27.8. The summed E-state index contributed by atoms with van der Waals surface area (Å²) in [6, 6.07) is 25.0. The number of hydrogen-bond acceptors (Lipinski definition) is 5. The summed E-state index contributed by atoms with van der Waals surface area (Å²) in [6.45, 7) is 1.85. The van der Waals surface area contributed by atoms with Gasteiger partial charge in [0.15, 0.2) is 0 Å². The molecule has 1 amide bonds. The molecule has 0 saturated carbocycles. The van der Waals surface area contributed by atoms with E-state index < -0.39 is 26.0 Å². The van der Waals surface area contributed by atoms with Crippen molar-refractivity contribution in [3.8, 4) is 0 Å². The molecular formula is C28H24ClN3O5S2. The first kappa shape index (κ1) is 26.7. The minimum absolute atomic E-state index is 0.00536. The Labute approximate surface area is 232 Å². The van der Waals surface area contributed by atoms with Crippen molar-refractivity contribution in [3.05, 3.63) is 113 Å². The normalized spacial score (nSPS) is 15.0. The fourth-order valence-electron chi connectivity index (χ4n) is 4.48. The first-order chi connectivity index (χ1) is 18.6. The minimum Gasteiger partial charge on any atom is -0.322 e. The number of para-hydroxylation sites is 2. The van der Waals surface area contributed by atoms with E-state index in [2.05, 4.69) is 10.0 Å². The quantitative estimate of drug-likeness (QED) is 0.298. The molecule has 1 atom stereocenters. The molecule has 200 valence electrons. The second kappa shape index (κ2) is 10.4. The molecule has 11 heteroatoms. The van der Waals surface area contributed by atoms with Gasteiger partial charge in [-0.2, -0.15) is 0 Å². The number of hydrogen-bond donors (Lipinski definition) is 2. The Hall–Kier alpha value is -3.86. The number of halogens is 1. The summed E-state index contributed by atoms with van der Waals surface area (Å²) in [6.07, 6.45) is 0.606. The van der Waals surface area contributed by atoms with Gasteiger partial charge in [0.2, 0.25) is 0 Å². The Morgan fingerprint density at radius 1 is 0.846 bits per heavy atom. The molecule has 1 heterocycles. The maximum absolute atomic E-state index is 13.5. The van der Waals surface area contributed by atoms with Gasteiger partial charge in [-0.25, -0.2) is 16.8 Å². The van der Waals surface area contributed by atoms with E-state index in [-0.39, 0.29) is 32.1 Å². The van der Waals surface area contributed by atoms with E-state index >= 15 is 0 Å². The van der Waals surface area contributed by atoms with E-state index in [1.807, 2.05) is 19.1 Å². The highest BCUT2D eigenvalue weighted by Crippen LogP contribution is 2.36. The molecule has 0 aromatic heterocycles. The minimum atomic E-state index is -3.91. The van der Waals surface area contributed by atoms with Gasteiger partial charge in [0.25, 0.3) is 26.0 Å². The van der Waals surface area contributed by atoms with Crippen LogP contribution in [-0.2, 0) is 26.5 Å². The maximum atomic E-state index is 13.5. The third kappa shape index (κ3) is 5.36. The standard InChI is InChI=1S/C28H24ClN3O5S2/c1-19-17-20-7-2-5-12-27(20)32(19)39(36,37)24-9-6-8-21(18-24)28(33)30-22-13-15-23(16-14-22)38(34,35)31-26-11-4-3-10-25(26)29/h2-16,18-19,31H,17H2,1H3,(H,30,33). The van der Waals surface area contributed by atoms with Gasteiger partial charge in [0.1, 0.15) is 0 Å². The molecule has 2 N–H and O–H groups in total. The molecule has 1 unspecified atom stereocenters. The van der Waals surface area contributed by atoms with Crippen LogP contribution < -0.4 is 14.3 Å². The SMILES string of the molecule is CC1Cc2ccccc2N1S(=O)(=O)c1cccc(C(=O)Nc2ccc(S(=O)(=O)Nc3ccccc3Cl)cc2)c1. The monoisotopic (exact) mass is 581 g/mol. The van der Waals surface area contributed by atoms with Gasteiger partial charge in [-0.05, 0) is 79.6 Å². The molecule has 5 rings (SSSR count). The topological polar surface area (TPSA) is 113 Å². The summed E-state index contributed by atoms with van der Waals surface area (Å²) in [5, 5.41) is 2.95. The Balaban J connectivity index is 1.33. The lowest BCUT2D eigenvalue weighted by molar-refractivity contribution is 0.102. The zero-order valence-electron chi connectivity index (χ0n) is 20.7. The number of carbonyl (C=O) groups is 1.